The van der Waals surface area contributed by atoms with Crippen LogP contribution in [0.25, 0.3) is 0 Å². The van der Waals surface area contributed by atoms with Crippen molar-refractivity contribution in [3.05, 3.63) is 12.7 Å². The summed E-state index contributed by atoms with van der Waals surface area (Å²) >= 11 is 0. The lowest BCUT2D eigenvalue weighted by molar-refractivity contribution is -0.137. The molecule has 92 valence electrons. The molecule has 0 bridgehead atoms. The number of nitrogens with one attached hydrogen (secondary N) is 1. The summed E-state index contributed by atoms with van der Waals surface area (Å²) in [6.07, 6.45) is 3.09. The first kappa shape index (κ1) is 13.2. The Morgan fingerprint density at radius 2 is 2.38 bits per heavy atom. The molecule has 0 saturated carbocycles. The zero-order chi connectivity index (χ0) is 12.2. The van der Waals surface area contributed by atoms with Gasteiger partial charge in [0, 0.05) is 24.7 Å². The Morgan fingerprint density at radius 3 is 2.94 bits per heavy atom. The maximum absolute atomic E-state index is 10.7. The molecule has 1 aliphatic rings. The van der Waals surface area contributed by atoms with Crippen LogP contribution in [0.4, 0.5) is 0 Å². The summed E-state index contributed by atoms with van der Waals surface area (Å²) < 4.78 is 0. The van der Waals surface area contributed by atoms with Gasteiger partial charge in [-0.15, -0.1) is 6.58 Å². The SMILES string of the molecule is C=CCN1CC(CC(=O)O)NCCC1(C)C. The van der Waals surface area contributed by atoms with Crippen molar-refractivity contribution < 1.29 is 9.90 Å². The number of hydrogen-bond acceptors (Lipinski definition) is 3. The van der Waals surface area contributed by atoms with Gasteiger partial charge in [0.15, 0.2) is 0 Å². The third-order valence-electron chi connectivity index (χ3n) is 3.24. The molecule has 1 fully saturated rings. The Balaban J connectivity index is 2.67. The first-order valence-electron chi connectivity index (χ1n) is 5.77. The van der Waals surface area contributed by atoms with Crippen LogP contribution in [0.2, 0.25) is 0 Å². The van der Waals surface area contributed by atoms with Crippen molar-refractivity contribution >= 4 is 5.97 Å². The topological polar surface area (TPSA) is 52.6 Å². The highest BCUT2D eigenvalue weighted by atomic mass is 16.4. The Bertz CT molecular complexity index is 264. The molecular weight excluding hydrogens is 204 g/mol. The molecule has 2 N–H and O–H groups in total. The average Bonchev–Trinajstić information content (AvgIpc) is 2.26. The van der Waals surface area contributed by atoms with Gasteiger partial charge in [0.1, 0.15) is 0 Å². The van der Waals surface area contributed by atoms with E-state index in [1.165, 1.54) is 0 Å². The molecule has 1 aliphatic heterocycles. The first-order chi connectivity index (χ1) is 7.45. The van der Waals surface area contributed by atoms with Crippen LogP contribution in [0.15, 0.2) is 12.7 Å². The summed E-state index contributed by atoms with van der Waals surface area (Å²) in [5, 5.41) is 12.1. The van der Waals surface area contributed by atoms with Gasteiger partial charge in [0.2, 0.25) is 0 Å². The fraction of sp³-hybridized carbons (Fsp3) is 0.750. The number of carboxylic acids is 1. The highest BCUT2D eigenvalue weighted by molar-refractivity contribution is 5.67. The van der Waals surface area contributed by atoms with Crippen LogP contribution in [0.3, 0.4) is 0 Å². The fourth-order valence-electron chi connectivity index (χ4n) is 2.14. The summed E-state index contributed by atoms with van der Waals surface area (Å²) in [5.41, 5.74) is 0.106. The maximum Gasteiger partial charge on any atom is 0.304 e. The summed E-state index contributed by atoms with van der Waals surface area (Å²) in [4.78, 5) is 13.0. The Morgan fingerprint density at radius 1 is 1.69 bits per heavy atom. The Kier molecular flexibility index (Phi) is 4.50. The molecule has 1 atom stereocenters. The van der Waals surface area contributed by atoms with Gasteiger partial charge < -0.3 is 10.4 Å². The standard InChI is InChI=1S/C12H22N2O2/c1-4-7-14-9-10(8-11(15)16)13-6-5-12(14,2)3/h4,10,13H,1,5-9H2,2-3H3,(H,15,16). The molecule has 16 heavy (non-hydrogen) atoms. The second kappa shape index (κ2) is 5.46. The van der Waals surface area contributed by atoms with Crippen LogP contribution in [0.5, 0.6) is 0 Å². The number of aliphatic carboxylic acids is 1. The lowest BCUT2D eigenvalue weighted by atomic mass is 9.98. The molecule has 4 nitrogen and oxygen atoms in total. The zero-order valence-electron chi connectivity index (χ0n) is 10.2. The molecule has 0 spiro atoms. The van der Waals surface area contributed by atoms with E-state index in [0.717, 1.165) is 26.1 Å². The lowest BCUT2D eigenvalue weighted by Crippen LogP contribution is -2.46. The first-order valence-corrected chi connectivity index (χ1v) is 5.77. The van der Waals surface area contributed by atoms with Gasteiger partial charge in [0.05, 0.1) is 6.42 Å². The van der Waals surface area contributed by atoms with Crippen molar-refractivity contribution in [2.24, 2.45) is 0 Å². The van der Waals surface area contributed by atoms with Gasteiger partial charge in [-0.25, -0.2) is 0 Å². The van der Waals surface area contributed by atoms with Gasteiger partial charge in [-0.1, -0.05) is 6.08 Å². The molecular formula is C12H22N2O2. The smallest absolute Gasteiger partial charge is 0.304 e. The van der Waals surface area contributed by atoms with E-state index in [1.54, 1.807) is 0 Å². The molecule has 0 radical (unpaired) electrons. The van der Waals surface area contributed by atoms with Crippen molar-refractivity contribution in [2.75, 3.05) is 19.6 Å². The van der Waals surface area contributed by atoms with Crippen LogP contribution < -0.4 is 5.32 Å². The van der Waals surface area contributed by atoms with Gasteiger partial charge in [-0.2, -0.15) is 0 Å². The third kappa shape index (κ3) is 3.61. The molecule has 1 unspecified atom stereocenters. The normalized spacial score (nSPS) is 26.0. The van der Waals surface area contributed by atoms with Crippen molar-refractivity contribution in [2.45, 2.75) is 38.3 Å². The van der Waals surface area contributed by atoms with Gasteiger partial charge in [-0.05, 0) is 26.8 Å². The van der Waals surface area contributed by atoms with Gasteiger partial charge in [-0.3, -0.25) is 9.69 Å². The molecule has 0 aliphatic carbocycles. The summed E-state index contributed by atoms with van der Waals surface area (Å²) in [6.45, 7) is 10.6. The van der Waals surface area contributed by atoms with Crippen molar-refractivity contribution in [3.8, 4) is 0 Å². The van der Waals surface area contributed by atoms with Crippen molar-refractivity contribution in [1.29, 1.82) is 0 Å². The molecule has 0 amide bonds. The van der Waals surface area contributed by atoms with E-state index < -0.39 is 5.97 Å². The molecule has 0 aromatic carbocycles. The minimum absolute atomic E-state index is 0.0409. The van der Waals surface area contributed by atoms with Crippen LogP contribution in [-0.4, -0.2) is 47.2 Å². The predicted octanol–water partition coefficient (Wildman–Crippen LogP) is 1.09. The number of nitrogens with zero attached hydrogens (tertiary/aromatic N) is 1. The highest BCUT2D eigenvalue weighted by Crippen LogP contribution is 2.21. The number of rotatable bonds is 4. The number of carboxylic acid groups (broad SMARTS) is 1. The van der Waals surface area contributed by atoms with Crippen LogP contribution in [-0.2, 0) is 4.79 Å². The predicted molar refractivity (Wildman–Crippen MR) is 64.5 cm³/mol. The van der Waals surface area contributed by atoms with E-state index in [0.29, 0.717) is 0 Å². The molecule has 1 heterocycles. The second-order valence-corrected chi connectivity index (χ2v) is 5.01. The third-order valence-corrected chi connectivity index (χ3v) is 3.24. The quantitative estimate of drug-likeness (QED) is 0.705. The van der Waals surface area contributed by atoms with E-state index in [-0.39, 0.29) is 18.0 Å². The minimum Gasteiger partial charge on any atom is -0.481 e. The fourth-order valence-corrected chi connectivity index (χ4v) is 2.14. The average molecular weight is 226 g/mol. The Hall–Kier alpha value is -0.870. The maximum atomic E-state index is 10.7. The number of carbonyl (C=O) groups is 1. The summed E-state index contributed by atoms with van der Waals surface area (Å²) in [7, 11) is 0. The second-order valence-electron chi connectivity index (χ2n) is 5.01. The molecule has 0 aromatic rings. The van der Waals surface area contributed by atoms with Gasteiger partial charge in [0.25, 0.3) is 0 Å². The van der Waals surface area contributed by atoms with E-state index in [2.05, 4.69) is 30.6 Å². The van der Waals surface area contributed by atoms with E-state index in [4.69, 9.17) is 5.11 Å². The molecule has 1 saturated heterocycles. The van der Waals surface area contributed by atoms with E-state index >= 15 is 0 Å². The lowest BCUT2D eigenvalue weighted by Gasteiger charge is -2.37. The molecule has 4 heteroatoms. The number of hydrogen-bond donors (Lipinski definition) is 2. The summed E-state index contributed by atoms with van der Waals surface area (Å²) in [6, 6.07) is 0.0409. The van der Waals surface area contributed by atoms with Gasteiger partial charge >= 0.3 is 5.97 Å². The van der Waals surface area contributed by atoms with Crippen LogP contribution in [0.1, 0.15) is 26.7 Å². The largest absolute Gasteiger partial charge is 0.481 e. The van der Waals surface area contributed by atoms with Crippen LogP contribution in [0, 0.1) is 0 Å². The monoisotopic (exact) mass is 226 g/mol. The zero-order valence-corrected chi connectivity index (χ0v) is 10.2. The highest BCUT2D eigenvalue weighted by Gasteiger charge is 2.31. The Labute approximate surface area is 97.3 Å². The van der Waals surface area contributed by atoms with Crippen LogP contribution >= 0.6 is 0 Å². The molecule has 1 rings (SSSR count). The van der Waals surface area contributed by atoms with Crippen molar-refractivity contribution in [3.63, 3.8) is 0 Å². The minimum atomic E-state index is -0.740. The van der Waals surface area contributed by atoms with E-state index in [1.807, 2.05) is 6.08 Å². The molecule has 0 aromatic heterocycles. The summed E-state index contributed by atoms with van der Waals surface area (Å²) in [5.74, 6) is -0.740. The van der Waals surface area contributed by atoms with E-state index in [9.17, 15) is 4.79 Å². The van der Waals surface area contributed by atoms with Crippen molar-refractivity contribution in [1.82, 2.24) is 10.2 Å².